The van der Waals surface area contributed by atoms with Crippen LogP contribution < -0.4 is 10.6 Å². The highest BCUT2D eigenvalue weighted by atomic mass is 16.5. The molecule has 3 N–H and O–H groups in total. The van der Waals surface area contributed by atoms with Gasteiger partial charge in [-0.1, -0.05) is 0 Å². The third kappa shape index (κ3) is 8.75. The number of carbonyl (C=O) groups is 2. The van der Waals surface area contributed by atoms with E-state index < -0.39 is 6.04 Å². The number of carbonyl (C=O) groups excluding carboxylic acids is 2. The van der Waals surface area contributed by atoms with E-state index in [0.717, 1.165) is 0 Å². The summed E-state index contributed by atoms with van der Waals surface area (Å²) in [5, 5.41) is 14.1. The van der Waals surface area contributed by atoms with Crippen molar-refractivity contribution in [1.29, 1.82) is 0 Å². The molecule has 7 nitrogen and oxygen atoms in total. The van der Waals surface area contributed by atoms with Crippen molar-refractivity contribution in [3.63, 3.8) is 0 Å². The average Bonchev–Trinajstić information content (AvgIpc) is 2.34. The van der Waals surface area contributed by atoms with Gasteiger partial charge in [-0.2, -0.15) is 0 Å². The second kappa shape index (κ2) is 11.5. The van der Waals surface area contributed by atoms with E-state index in [1.165, 1.54) is 0 Å². The van der Waals surface area contributed by atoms with Crippen LogP contribution in [0, 0.1) is 0 Å². The zero-order valence-electron chi connectivity index (χ0n) is 9.98. The maximum absolute atomic E-state index is 11.3. The molecule has 0 rings (SSSR count). The van der Waals surface area contributed by atoms with Crippen molar-refractivity contribution < 1.29 is 24.2 Å². The van der Waals surface area contributed by atoms with Gasteiger partial charge < -0.3 is 30.0 Å². The van der Waals surface area contributed by atoms with Crippen molar-refractivity contribution in [3.05, 3.63) is 0 Å². The van der Waals surface area contributed by atoms with E-state index in [-0.39, 0.29) is 19.1 Å². The van der Waals surface area contributed by atoms with Crippen LogP contribution >= 0.6 is 0 Å². The minimum atomic E-state index is -0.592. The Labute approximate surface area is 100 Å². The molecule has 0 aromatic carbocycles. The number of ether oxygens (including phenoxy) is 2. The van der Waals surface area contributed by atoms with Gasteiger partial charge in [-0.25, -0.2) is 0 Å². The number of aliphatic hydroxyl groups is 1. The molecule has 100 valence electrons. The highest BCUT2D eigenvalue weighted by molar-refractivity contribution is 5.81. The molecule has 0 aliphatic rings. The molecule has 0 saturated carbocycles. The first-order valence-corrected chi connectivity index (χ1v) is 5.41. The molecule has 0 heterocycles. The van der Waals surface area contributed by atoms with E-state index >= 15 is 0 Å². The van der Waals surface area contributed by atoms with Crippen LogP contribution in [0.5, 0.6) is 0 Å². The maximum atomic E-state index is 11.3. The molecule has 1 amide bonds. The molecule has 0 bridgehead atoms. The van der Waals surface area contributed by atoms with Crippen LogP contribution in [0.3, 0.4) is 0 Å². The first-order valence-electron chi connectivity index (χ1n) is 5.41. The van der Waals surface area contributed by atoms with Crippen LogP contribution in [0.4, 0.5) is 0 Å². The summed E-state index contributed by atoms with van der Waals surface area (Å²) >= 11 is 0. The lowest BCUT2D eigenvalue weighted by Gasteiger charge is -2.13. The largest absolute Gasteiger partial charge is 0.394 e. The van der Waals surface area contributed by atoms with Gasteiger partial charge in [0.25, 0.3) is 0 Å². The second-order valence-corrected chi connectivity index (χ2v) is 3.17. The molecule has 0 spiro atoms. The molecular weight excluding hydrogens is 228 g/mol. The topological polar surface area (TPSA) is 96.9 Å². The van der Waals surface area contributed by atoms with Crippen LogP contribution in [-0.2, 0) is 19.1 Å². The molecule has 1 atom stereocenters. The van der Waals surface area contributed by atoms with E-state index in [4.69, 9.17) is 14.6 Å². The molecule has 0 aromatic rings. The van der Waals surface area contributed by atoms with Gasteiger partial charge in [0.1, 0.15) is 18.9 Å². The van der Waals surface area contributed by atoms with Crippen LogP contribution in [0.1, 0.15) is 0 Å². The summed E-state index contributed by atoms with van der Waals surface area (Å²) in [4.78, 5) is 21.2. The van der Waals surface area contributed by atoms with Crippen LogP contribution in [0.2, 0.25) is 0 Å². The van der Waals surface area contributed by atoms with Gasteiger partial charge in [-0.15, -0.1) is 0 Å². The molecule has 17 heavy (non-hydrogen) atoms. The lowest BCUT2D eigenvalue weighted by atomic mass is 10.3. The summed E-state index contributed by atoms with van der Waals surface area (Å²) in [5.41, 5.74) is 0. The van der Waals surface area contributed by atoms with Gasteiger partial charge in [0.05, 0.1) is 26.4 Å². The van der Waals surface area contributed by atoms with Crippen LogP contribution in [-0.4, -0.2) is 70.0 Å². The second-order valence-electron chi connectivity index (χ2n) is 3.17. The fourth-order valence-corrected chi connectivity index (χ4v) is 1.03. The van der Waals surface area contributed by atoms with Gasteiger partial charge in [-0.3, -0.25) is 4.79 Å². The minimum Gasteiger partial charge on any atom is -0.394 e. The fraction of sp³-hybridized carbons (Fsp3) is 0.800. The SMILES string of the molecule is CNC(CO)C(=O)NCCOCCOCC=O. The highest BCUT2D eigenvalue weighted by Crippen LogP contribution is 1.81. The number of hydrogen-bond acceptors (Lipinski definition) is 6. The van der Waals surface area contributed by atoms with E-state index in [9.17, 15) is 9.59 Å². The number of hydrogen-bond donors (Lipinski definition) is 3. The van der Waals surface area contributed by atoms with Crippen molar-refractivity contribution in [1.82, 2.24) is 10.6 Å². The van der Waals surface area contributed by atoms with Gasteiger partial charge in [0.2, 0.25) is 5.91 Å². The Hall–Kier alpha value is -1.02. The van der Waals surface area contributed by atoms with Crippen molar-refractivity contribution in [2.45, 2.75) is 6.04 Å². The molecule has 0 radical (unpaired) electrons. The van der Waals surface area contributed by atoms with Crippen LogP contribution in [0.25, 0.3) is 0 Å². The molecule has 0 fully saturated rings. The van der Waals surface area contributed by atoms with E-state index in [1.807, 2.05) is 0 Å². The summed E-state index contributed by atoms with van der Waals surface area (Å²) in [6.45, 7) is 1.27. The summed E-state index contributed by atoms with van der Waals surface area (Å²) in [7, 11) is 1.60. The molecular formula is C10H20N2O5. The maximum Gasteiger partial charge on any atom is 0.239 e. The third-order valence-electron chi connectivity index (χ3n) is 1.95. The Morgan fingerprint density at radius 1 is 1.35 bits per heavy atom. The van der Waals surface area contributed by atoms with Gasteiger partial charge in [0.15, 0.2) is 0 Å². The summed E-state index contributed by atoms with van der Waals surface area (Å²) in [6.07, 6.45) is 0.674. The monoisotopic (exact) mass is 248 g/mol. The Bertz CT molecular complexity index is 209. The van der Waals surface area contributed by atoms with Gasteiger partial charge >= 0.3 is 0 Å². The number of nitrogens with one attached hydrogen (secondary N) is 2. The van der Waals surface area contributed by atoms with E-state index in [2.05, 4.69) is 10.6 Å². The minimum absolute atomic E-state index is 0.0699. The van der Waals surface area contributed by atoms with Crippen LogP contribution in [0.15, 0.2) is 0 Å². The third-order valence-corrected chi connectivity index (χ3v) is 1.95. The predicted molar refractivity (Wildman–Crippen MR) is 60.6 cm³/mol. The molecule has 0 aromatic heterocycles. The summed E-state index contributed by atoms with van der Waals surface area (Å²) in [5.74, 6) is -0.268. The molecule has 0 aliphatic carbocycles. The standard InChI is InChI=1S/C10H20N2O5/c1-11-9(8-14)10(15)12-2-4-16-6-7-17-5-3-13/h3,9,11,14H,2,4-8H2,1H3,(H,12,15). The Morgan fingerprint density at radius 2 is 2.06 bits per heavy atom. The molecule has 0 aliphatic heterocycles. The summed E-state index contributed by atoms with van der Waals surface area (Å²) < 4.78 is 10.00. The Morgan fingerprint density at radius 3 is 2.65 bits per heavy atom. The first kappa shape index (κ1) is 16.0. The first-order chi connectivity index (χ1) is 8.26. The lowest BCUT2D eigenvalue weighted by molar-refractivity contribution is -0.124. The van der Waals surface area contributed by atoms with Crippen molar-refractivity contribution >= 4 is 12.2 Å². The highest BCUT2D eigenvalue weighted by Gasteiger charge is 2.13. The number of aliphatic hydroxyl groups excluding tert-OH is 1. The fourth-order valence-electron chi connectivity index (χ4n) is 1.03. The number of amides is 1. The average molecular weight is 248 g/mol. The molecule has 7 heteroatoms. The van der Waals surface area contributed by atoms with E-state index in [1.54, 1.807) is 7.05 Å². The lowest BCUT2D eigenvalue weighted by Crippen LogP contribution is -2.45. The van der Waals surface area contributed by atoms with Gasteiger partial charge in [0, 0.05) is 6.54 Å². The van der Waals surface area contributed by atoms with Crippen molar-refractivity contribution in [2.75, 3.05) is 46.6 Å². The zero-order chi connectivity index (χ0) is 12.9. The number of aldehydes is 1. The van der Waals surface area contributed by atoms with Crippen molar-refractivity contribution in [3.8, 4) is 0 Å². The number of likely N-dealkylation sites (N-methyl/N-ethyl adjacent to an activating group) is 1. The smallest absolute Gasteiger partial charge is 0.239 e. The molecule has 1 unspecified atom stereocenters. The van der Waals surface area contributed by atoms with E-state index in [0.29, 0.717) is 32.7 Å². The summed E-state index contributed by atoms with van der Waals surface area (Å²) in [6, 6.07) is -0.592. The molecule has 0 saturated heterocycles. The van der Waals surface area contributed by atoms with Crippen molar-refractivity contribution in [2.24, 2.45) is 0 Å². The quantitative estimate of drug-likeness (QED) is 0.287. The van der Waals surface area contributed by atoms with Gasteiger partial charge in [-0.05, 0) is 7.05 Å². The zero-order valence-corrected chi connectivity index (χ0v) is 9.98. The Balaban J connectivity index is 3.32. The Kier molecular flexibility index (Phi) is 10.8. The normalized spacial score (nSPS) is 12.1. The predicted octanol–water partition coefficient (Wildman–Crippen LogP) is -2.08. The number of rotatable bonds is 11.